The smallest absolute Gasteiger partial charge is 0.399 e. The SMILES string of the molecule is CC1(C)OB(c2ccc(CCCOC3CCCCO3)cc2)OC1(C)C. The Morgan fingerprint density at radius 1 is 1.04 bits per heavy atom. The maximum Gasteiger partial charge on any atom is 0.494 e. The molecule has 2 aliphatic rings. The maximum atomic E-state index is 6.10. The zero-order chi connectivity index (χ0) is 17.9. The first kappa shape index (κ1) is 18.9. The second kappa shape index (κ2) is 7.79. The molecule has 2 fully saturated rings. The minimum absolute atomic E-state index is 0.0134. The van der Waals surface area contributed by atoms with Gasteiger partial charge < -0.3 is 18.8 Å². The van der Waals surface area contributed by atoms with E-state index in [9.17, 15) is 0 Å². The lowest BCUT2D eigenvalue weighted by Crippen LogP contribution is -2.41. The van der Waals surface area contributed by atoms with Crippen molar-refractivity contribution in [3.63, 3.8) is 0 Å². The summed E-state index contributed by atoms with van der Waals surface area (Å²) in [6, 6.07) is 8.56. The predicted molar refractivity (Wildman–Crippen MR) is 100 cm³/mol. The van der Waals surface area contributed by atoms with Crippen molar-refractivity contribution in [2.45, 2.75) is 77.3 Å². The van der Waals surface area contributed by atoms with E-state index in [0.29, 0.717) is 0 Å². The van der Waals surface area contributed by atoms with Gasteiger partial charge >= 0.3 is 7.12 Å². The molecule has 138 valence electrons. The molecule has 1 aromatic rings. The second-order valence-electron chi connectivity index (χ2n) is 8.10. The summed E-state index contributed by atoms with van der Waals surface area (Å²) in [6.07, 6.45) is 5.44. The highest BCUT2D eigenvalue weighted by molar-refractivity contribution is 6.62. The Morgan fingerprint density at radius 2 is 1.72 bits per heavy atom. The van der Waals surface area contributed by atoms with Crippen LogP contribution in [0.1, 0.15) is 58.9 Å². The van der Waals surface area contributed by atoms with Crippen molar-refractivity contribution in [2.75, 3.05) is 13.2 Å². The molecule has 0 radical (unpaired) electrons. The van der Waals surface area contributed by atoms with E-state index in [2.05, 4.69) is 52.0 Å². The molecule has 1 atom stereocenters. The van der Waals surface area contributed by atoms with Crippen molar-refractivity contribution in [2.24, 2.45) is 0 Å². The number of hydrogen-bond acceptors (Lipinski definition) is 4. The van der Waals surface area contributed by atoms with Crippen molar-refractivity contribution in [1.82, 2.24) is 0 Å². The summed E-state index contributed by atoms with van der Waals surface area (Å²) in [6.45, 7) is 9.91. The van der Waals surface area contributed by atoms with Gasteiger partial charge in [-0.2, -0.15) is 0 Å². The van der Waals surface area contributed by atoms with Crippen molar-refractivity contribution in [3.8, 4) is 0 Å². The number of hydrogen-bond donors (Lipinski definition) is 0. The van der Waals surface area contributed by atoms with Crippen LogP contribution in [0.25, 0.3) is 0 Å². The molecule has 0 N–H and O–H groups in total. The van der Waals surface area contributed by atoms with Gasteiger partial charge in [-0.3, -0.25) is 0 Å². The van der Waals surface area contributed by atoms with Crippen molar-refractivity contribution >= 4 is 12.6 Å². The fourth-order valence-corrected chi connectivity index (χ4v) is 3.15. The topological polar surface area (TPSA) is 36.9 Å². The molecule has 1 aromatic carbocycles. The Balaban J connectivity index is 1.45. The Labute approximate surface area is 152 Å². The summed E-state index contributed by atoms with van der Waals surface area (Å²) < 4.78 is 23.6. The minimum atomic E-state index is -0.297. The molecule has 25 heavy (non-hydrogen) atoms. The zero-order valence-electron chi connectivity index (χ0n) is 16.0. The lowest BCUT2D eigenvalue weighted by atomic mass is 9.79. The van der Waals surface area contributed by atoms with E-state index in [1.54, 1.807) is 0 Å². The summed E-state index contributed by atoms with van der Waals surface area (Å²) in [4.78, 5) is 0. The van der Waals surface area contributed by atoms with E-state index >= 15 is 0 Å². The van der Waals surface area contributed by atoms with E-state index in [1.807, 2.05) is 0 Å². The van der Waals surface area contributed by atoms with Crippen molar-refractivity contribution in [1.29, 1.82) is 0 Å². The van der Waals surface area contributed by atoms with E-state index in [4.69, 9.17) is 18.8 Å². The molecule has 3 rings (SSSR count). The standard InChI is InChI=1S/C20H31BO4/c1-19(2)20(3,4)25-21(24-19)17-12-10-16(11-13-17)8-7-15-23-18-9-5-6-14-22-18/h10-13,18H,5-9,14-15H2,1-4H3. The molecule has 0 aliphatic carbocycles. The fraction of sp³-hybridized carbons (Fsp3) is 0.700. The van der Waals surface area contributed by atoms with Crippen molar-refractivity contribution < 1.29 is 18.8 Å². The van der Waals surface area contributed by atoms with E-state index in [0.717, 1.165) is 44.4 Å². The number of rotatable bonds is 6. The van der Waals surface area contributed by atoms with Gasteiger partial charge in [-0.1, -0.05) is 24.3 Å². The Kier molecular flexibility index (Phi) is 5.89. The highest BCUT2D eigenvalue weighted by Gasteiger charge is 2.51. The van der Waals surface area contributed by atoms with Crippen molar-refractivity contribution in [3.05, 3.63) is 29.8 Å². The van der Waals surface area contributed by atoms with Gasteiger partial charge in [-0.25, -0.2) is 0 Å². The lowest BCUT2D eigenvalue weighted by molar-refractivity contribution is -0.162. The van der Waals surface area contributed by atoms with Gasteiger partial charge in [0.15, 0.2) is 6.29 Å². The molecular weight excluding hydrogens is 315 g/mol. The molecule has 0 amide bonds. The third-order valence-corrected chi connectivity index (χ3v) is 5.56. The third kappa shape index (κ3) is 4.65. The molecule has 1 unspecified atom stereocenters. The van der Waals surface area contributed by atoms with E-state index in [1.165, 1.54) is 12.0 Å². The minimum Gasteiger partial charge on any atom is -0.399 e. The average molecular weight is 346 g/mol. The van der Waals surface area contributed by atoms with Gasteiger partial charge in [-0.05, 0) is 70.8 Å². The maximum absolute atomic E-state index is 6.10. The molecule has 0 saturated carbocycles. The largest absolute Gasteiger partial charge is 0.494 e. The first-order chi connectivity index (χ1) is 11.9. The number of aryl methyl sites for hydroxylation is 1. The zero-order valence-corrected chi connectivity index (χ0v) is 16.0. The Morgan fingerprint density at radius 3 is 2.32 bits per heavy atom. The summed E-state index contributed by atoms with van der Waals surface area (Å²) in [5.41, 5.74) is 1.80. The second-order valence-corrected chi connectivity index (χ2v) is 8.10. The van der Waals surface area contributed by atoms with Gasteiger partial charge in [0, 0.05) is 6.61 Å². The monoisotopic (exact) mass is 346 g/mol. The van der Waals surface area contributed by atoms with Crippen LogP contribution >= 0.6 is 0 Å². The first-order valence-corrected chi connectivity index (χ1v) is 9.55. The number of ether oxygens (including phenoxy) is 2. The van der Waals surface area contributed by atoms with Gasteiger partial charge in [0.2, 0.25) is 0 Å². The highest BCUT2D eigenvalue weighted by atomic mass is 16.7. The predicted octanol–water partition coefficient (Wildman–Crippen LogP) is 3.46. The van der Waals surface area contributed by atoms with Crippen LogP contribution in [0.15, 0.2) is 24.3 Å². The van der Waals surface area contributed by atoms with Crippen LogP contribution < -0.4 is 5.46 Å². The molecule has 0 aromatic heterocycles. The van der Waals surface area contributed by atoms with Gasteiger partial charge in [0.1, 0.15) is 0 Å². The summed E-state index contributed by atoms with van der Waals surface area (Å²) in [7, 11) is -0.286. The summed E-state index contributed by atoms with van der Waals surface area (Å²) in [5, 5.41) is 0. The van der Waals surface area contributed by atoms with Crippen LogP contribution in [-0.2, 0) is 25.2 Å². The quantitative estimate of drug-likeness (QED) is 0.584. The molecule has 0 bridgehead atoms. The van der Waals surface area contributed by atoms with Crippen LogP contribution in [-0.4, -0.2) is 37.8 Å². The molecule has 2 saturated heterocycles. The fourth-order valence-electron chi connectivity index (χ4n) is 3.15. The Hall–Kier alpha value is -0.875. The van der Waals surface area contributed by atoms with Gasteiger partial charge in [0.25, 0.3) is 0 Å². The van der Waals surface area contributed by atoms with E-state index < -0.39 is 0 Å². The highest BCUT2D eigenvalue weighted by Crippen LogP contribution is 2.36. The number of benzene rings is 1. The van der Waals surface area contributed by atoms with Crippen LogP contribution in [0.5, 0.6) is 0 Å². The molecule has 5 heteroatoms. The summed E-state index contributed by atoms with van der Waals surface area (Å²) >= 11 is 0. The molecule has 2 aliphatic heterocycles. The first-order valence-electron chi connectivity index (χ1n) is 9.55. The van der Waals surface area contributed by atoms with Gasteiger partial charge in [-0.15, -0.1) is 0 Å². The third-order valence-electron chi connectivity index (χ3n) is 5.56. The normalized spacial score (nSPS) is 25.3. The summed E-state index contributed by atoms with van der Waals surface area (Å²) in [5.74, 6) is 0. The lowest BCUT2D eigenvalue weighted by Gasteiger charge is -2.32. The molecule has 4 nitrogen and oxygen atoms in total. The van der Waals surface area contributed by atoms with Gasteiger partial charge in [0.05, 0.1) is 17.8 Å². The Bertz CT molecular complexity index is 533. The van der Waals surface area contributed by atoms with Crippen LogP contribution in [0.4, 0.5) is 0 Å². The van der Waals surface area contributed by atoms with E-state index in [-0.39, 0.29) is 24.6 Å². The average Bonchev–Trinajstić information content (AvgIpc) is 2.81. The molecule has 0 spiro atoms. The molecular formula is C20H31BO4. The van der Waals surface area contributed by atoms with Crippen LogP contribution in [0, 0.1) is 0 Å². The van der Waals surface area contributed by atoms with Crippen LogP contribution in [0.3, 0.4) is 0 Å². The molecule has 2 heterocycles. The van der Waals surface area contributed by atoms with Crippen LogP contribution in [0.2, 0.25) is 0 Å².